The summed E-state index contributed by atoms with van der Waals surface area (Å²) < 4.78 is 11.4. The van der Waals surface area contributed by atoms with Gasteiger partial charge in [0.05, 0.1) is 18.6 Å². The Labute approximate surface area is 125 Å². The first-order valence-corrected chi connectivity index (χ1v) is 7.18. The van der Waals surface area contributed by atoms with Crippen LogP contribution in [0.25, 0.3) is 0 Å². The van der Waals surface area contributed by atoms with Crippen molar-refractivity contribution >= 4 is 5.97 Å². The fraction of sp³-hybridized carbons (Fsp3) is 0.562. The summed E-state index contributed by atoms with van der Waals surface area (Å²) in [6.45, 7) is 6.66. The number of aliphatic carboxylic acids is 1. The van der Waals surface area contributed by atoms with Gasteiger partial charge in [0.25, 0.3) is 0 Å². The number of carbonyl (C=O) groups is 1. The average Bonchev–Trinajstić information content (AvgIpc) is 2.60. The Kier molecular flexibility index (Phi) is 4.42. The van der Waals surface area contributed by atoms with Gasteiger partial charge >= 0.3 is 5.97 Å². The van der Waals surface area contributed by atoms with Crippen molar-refractivity contribution in [1.29, 1.82) is 0 Å². The molecule has 2 rings (SSSR count). The van der Waals surface area contributed by atoms with Crippen molar-refractivity contribution in [2.45, 2.75) is 33.2 Å². The first-order chi connectivity index (χ1) is 9.79. The van der Waals surface area contributed by atoms with E-state index in [1.54, 1.807) is 13.8 Å². The molecule has 1 aliphatic heterocycles. The summed E-state index contributed by atoms with van der Waals surface area (Å²) in [4.78, 5) is 11.2. The van der Waals surface area contributed by atoms with Gasteiger partial charge in [-0.25, -0.2) is 0 Å². The lowest BCUT2D eigenvalue weighted by molar-refractivity contribution is -0.147. The van der Waals surface area contributed by atoms with Crippen molar-refractivity contribution in [3.8, 4) is 11.5 Å². The molecule has 21 heavy (non-hydrogen) atoms. The third kappa shape index (κ3) is 3.67. The second-order valence-electron chi connectivity index (χ2n) is 6.43. The lowest BCUT2D eigenvalue weighted by atomic mass is 9.84. The van der Waals surface area contributed by atoms with Gasteiger partial charge in [0.2, 0.25) is 0 Å². The molecule has 1 aromatic rings. The van der Waals surface area contributed by atoms with Crippen LogP contribution in [0.1, 0.15) is 38.8 Å². The molecule has 1 aromatic carbocycles. The normalized spacial score (nSPS) is 19.7. The van der Waals surface area contributed by atoms with Crippen LogP contribution in [0.3, 0.4) is 0 Å². The van der Waals surface area contributed by atoms with E-state index in [2.05, 4.69) is 6.92 Å². The van der Waals surface area contributed by atoms with E-state index in [0.29, 0.717) is 37.1 Å². The molecule has 0 aliphatic carbocycles. The number of hydrogen-bond donors (Lipinski definition) is 2. The molecule has 5 heteroatoms. The number of hydrogen-bond acceptors (Lipinski definition) is 4. The molecular formula is C16H23NO4. The minimum atomic E-state index is -0.863. The summed E-state index contributed by atoms with van der Waals surface area (Å²) in [6.07, 6.45) is 0.360. The zero-order chi connectivity index (χ0) is 15.6. The Balaban J connectivity index is 2.16. The lowest BCUT2D eigenvalue weighted by Gasteiger charge is -2.24. The predicted molar refractivity (Wildman–Crippen MR) is 79.6 cm³/mol. The number of ether oxygens (including phenoxy) is 2. The summed E-state index contributed by atoms with van der Waals surface area (Å²) in [5.41, 5.74) is 6.16. The quantitative estimate of drug-likeness (QED) is 0.891. The van der Waals surface area contributed by atoms with Crippen LogP contribution in [0, 0.1) is 11.3 Å². The van der Waals surface area contributed by atoms with Crippen LogP contribution in [0.4, 0.5) is 0 Å². The molecule has 0 radical (unpaired) electrons. The van der Waals surface area contributed by atoms with Crippen LogP contribution in [0.15, 0.2) is 18.2 Å². The van der Waals surface area contributed by atoms with Gasteiger partial charge in [-0.1, -0.05) is 13.0 Å². The molecule has 0 amide bonds. The number of rotatable bonds is 4. The van der Waals surface area contributed by atoms with E-state index in [1.165, 1.54) is 0 Å². The molecule has 0 saturated carbocycles. The van der Waals surface area contributed by atoms with Gasteiger partial charge in [-0.15, -0.1) is 0 Å². The van der Waals surface area contributed by atoms with Crippen LogP contribution in [-0.4, -0.2) is 24.3 Å². The maximum Gasteiger partial charge on any atom is 0.309 e. The van der Waals surface area contributed by atoms with Gasteiger partial charge in [-0.2, -0.15) is 0 Å². The molecule has 0 aromatic heterocycles. The summed E-state index contributed by atoms with van der Waals surface area (Å²) in [5, 5.41) is 9.20. The molecular weight excluding hydrogens is 270 g/mol. The van der Waals surface area contributed by atoms with Gasteiger partial charge in [-0.3, -0.25) is 4.79 Å². The minimum Gasteiger partial charge on any atom is -0.489 e. The lowest BCUT2D eigenvalue weighted by Crippen LogP contribution is -2.28. The van der Waals surface area contributed by atoms with E-state index in [1.807, 2.05) is 18.2 Å². The van der Waals surface area contributed by atoms with Crippen molar-refractivity contribution in [1.82, 2.24) is 0 Å². The van der Waals surface area contributed by atoms with E-state index in [9.17, 15) is 9.90 Å². The maximum atomic E-state index is 11.2. The van der Waals surface area contributed by atoms with Crippen LogP contribution in [0.2, 0.25) is 0 Å². The molecule has 116 valence electrons. The van der Waals surface area contributed by atoms with Crippen molar-refractivity contribution in [3.63, 3.8) is 0 Å². The fourth-order valence-electron chi connectivity index (χ4n) is 2.25. The van der Waals surface area contributed by atoms with Crippen molar-refractivity contribution in [2.75, 3.05) is 13.2 Å². The molecule has 5 nitrogen and oxygen atoms in total. The molecule has 3 N–H and O–H groups in total. The van der Waals surface area contributed by atoms with Crippen LogP contribution >= 0.6 is 0 Å². The van der Waals surface area contributed by atoms with E-state index in [4.69, 9.17) is 15.2 Å². The first-order valence-electron chi connectivity index (χ1n) is 7.18. The fourth-order valence-corrected chi connectivity index (χ4v) is 2.25. The smallest absolute Gasteiger partial charge is 0.309 e. The van der Waals surface area contributed by atoms with Crippen molar-refractivity contribution in [2.24, 2.45) is 17.1 Å². The second-order valence-corrected chi connectivity index (χ2v) is 6.43. The second kappa shape index (κ2) is 5.93. The van der Waals surface area contributed by atoms with Gasteiger partial charge in [0, 0.05) is 12.0 Å². The Bertz CT molecular complexity index is 527. The summed E-state index contributed by atoms with van der Waals surface area (Å²) >= 11 is 0. The zero-order valence-corrected chi connectivity index (χ0v) is 12.8. The monoisotopic (exact) mass is 293 g/mol. The van der Waals surface area contributed by atoms with E-state index < -0.39 is 11.4 Å². The Hall–Kier alpha value is -1.75. The standard InChI is InChI=1S/C16H23NO4/c1-10-8-20-13-5-4-11(6-14(13)21-9-10)12(17)7-16(2,3)15(18)19/h4-6,10,12H,7-9,17H2,1-3H3,(H,18,19). The molecule has 0 saturated heterocycles. The van der Waals surface area contributed by atoms with Crippen molar-refractivity contribution < 1.29 is 19.4 Å². The molecule has 0 bridgehead atoms. The molecule has 2 atom stereocenters. The predicted octanol–water partition coefficient (Wildman–Crippen LogP) is 2.59. The van der Waals surface area contributed by atoms with Crippen molar-refractivity contribution in [3.05, 3.63) is 23.8 Å². The van der Waals surface area contributed by atoms with Gasteiger partial charge in [0.15, 0.2) is 11.5 Å². The molecule has 0 fully saturated rings. The SMILES string of the molecule is CC1COc2ccc(C(N)CC(C)(C)C(=O)O)cc2OC1. The Morgan fingerprint density at radius 2 is 2.00 bits per heavy atom. The third-order valence-electron chi connectivity index (χ3n) is 3.75. The molecule has 2 unspecified atom stereocenters. The maximum absolute atomic E-state index is 11.2. The summed E-state index contributed by atoms with van der Waals surface area (Å²) in [5.74, 6) is 0.884. The molecule has 1 aliphatic rings. The number of benzene rings is 1. The zero-order valence-electron chi connectivity index (χ0n) is 12.8. The molecule has 1 heterocycles. The summed E-state index contributed by atoms with van der Waals surface area (Å²) in [6, 6.07) is 5.22. The van der Waals surface area contributed by atoms with E-state index >= 15 is 0 Å². The van der Waals surface area contributed by atoms with Gasteiger partial charge in [-0.05, 0) is 38.0 Å². The third-order valence-corrected chi connectivity index (χ3v) is 3.75. The number of fused-ring (bicyclic) bond motifs is 1. The number of carboxylic acid groups (broad SMARTS) is 1. The average molecular weight is 293 g/mol. The minimum absolute atomic E-state index is 0.334. The van der Waals surface area contributed by atoms with Crippen LogP contribution in [-0.2, 0) is 4.79 Å². The van der Waals surface area contributed by atoms with E-state index in [-0.39, 0.29) is 6.04 Å². The Morgan fingerprint density at radius 1 is 1.38 bits per heavy atom. The first kappa shape index (κ1) is 15.6. The van der Waals surface area contributed by atoms with Gasteiger partial charge < -0.3 is 20.3 Å². The van der Waals surface area contributed by atoms with E-state index in [0.717, 1.165) is 5.56 Å². The largest absolute Gasteiger partial charge is 0.489 e. The summed E-state index contributed by atoms with van der Waals surface area (Å²) in [7, 11) is 0. The van der Waals surface area contributed by atoms with Crippen LogP contribution in [0.5, 0.6) is 11.5 Å². The van der Waals surface area contributed by atoms with Crippen LogP contribution < -0.4 is 15.2 Å². The molecule has 0 spiro atoms. The number of carboxylic acids is 1. The Morgan fingerprint density at radius 3 is 2.62 bits per heavy atom. The highest BCUT2D eigenvalue weighted by Gasteiger charge is 2.30. The highest BCUT2D eigenvalue weighted by molar-refractivity contribution is 5.73. The highest BCUT2D eigenvalue weighted by atomic mass is 16.5. The van der Waals surface area contributed by atoms with Gasteiger partial charge in [0.1, 0.15) is 0 Å². The number of nitrogens with two attached hydrogens (primary N) is 1. The highest BCUT2D eigenvalue weighted by Crippen LogP contribution is 2.35. The topological polar surface area (TPSA) is 81.8 Å².